The van der Waals surface area contributed by atoms with Crippen LogP contribution in [0.2, 0.25) is 0 Å². The molecule has 0 spiro atoms. The summed E-state index contributed by atoms with van der Waals surface area (Å²) >= 11 is 0. The van der Waals surface area contributed by atoms with Gasteiger partial charge >= 0.3 is 0 Å². The van der Waals surface area contributed by atoms with Crippen molar-refractivity contribution in [2.75, 3.05) is 13.7 Å². The number of benzene rings is 1. The Labute approximate surface area is 92.4 Å². The zero-order chi connectivity index (χ0) is 11.3. The molecule has 15 heavy (non-hydrogen) atoms. The van der Waals surface area contributed by atoms with E-state index in [-0.39, 0.29) is 0 Å². The highest BCUT2D eigenvalue weighted by Gasteiger charge is 2.16. The molecule has 0 saturated carbocycles. The minimum atomic E-state index is 0.516. The van der Waals surface area contributed by atoms with E-state index in [0.717, 1.165) is 18.7 Å². The van der Waals surface area contributed by atoms with Crippen LogP contribution in [0.25, 0.3) is 0 Å². The van der Waals surface area contributed by atoms with Gasteiger partial charge in [0.2, 0.25) is 0 Å². The van der Waals surface area contributed by atoms with Crippen molar-refractivity contribution >= 4 is 0 Å². The lowest BCUT2D eigenvalue weighted by atomic mass is 9.85. The van der Waals surface area contributed by atoms with Gasteiger partial charge in [0.15, 0.2) is 0 Å². The fraction of sp³-hybridized carbons (Fsp3) is 0.538. The van der Waals surface area contributed by atoms with Gasteiger partial charge < -0.3 is 10.5 Å². The first-order valence-electron chi connectivity index (χ1n) is 5.56. The molecular weight excluding hydrogens is 186 g/mol. The zero-order valence-corrected chi connectivity index (χ0v) is 9.86. The SMILES string of the molecule is CCC(c1cccc(OC)c1)C(C)CN. The van der Waals surface area contributed by atoms with Crippen molar-refractivity contribution in [2.45, 2.75) is 26.2 Å². The third-order valence-electron chi connectivity index (χ3n) is 3.02. The Morgan fingerprint density at radius 2 is 2.13 bits per heavy atom. The smallest absolute Gasteiger partial charge is 0.119 e. The molecule has 0 amide bonds. The minimum Gasteiger partial charge on any atom is -0.497 e. The van der Waals surface area contributed by atoms with Gasteiger partial charge in [0.25, 0.3) is 0 Å². The van der Waals surface area contributed by atoms with Gasteiger partial charge in [0.1, 0.15) is 5.75 Å². The summed E-state index contributed by atoms with van der Waals surface area (Å²) in [6.07, 6.45) is 1.12. The summed E-state index contributed by atoms with van der Waals surface area (Å²) < 4.78 is 5.23. The summed E-state index contributed by atoms with van der Waals surface area (Å²) in [5.41, 5.74) is 7.05. The third kappa shape index (κ3) is 2.96. The van der Waals surface area contributed by atoms with Crippen LogP contribution in [-0.2, 0) is 0 Å². The van der Waals surface area contributed by atoms with E-state index in [2.05, 4.69) is 26.0 Å². The predicted molar refractivity (Wildman–Crippen MR) is 64.2 cm³/mol. The molecule has 84 valence electrons. The topological polar surface area (TPSA) is 35.2 Å². The van der Waals surface area contributed by atoms with Crippen LogP contribution in [0.15, 0.2) is 24.3 Å². The molecule has 0 bridgehead atoms. The number of hydrogen-bond donors (Lipinski definition) is 1. The Morgan fingerprint density at radius 1 is 1.40 bits per heavy atom. The maximum Gasteiger partial charge on any atom is 0.119 e. The Kier molecular flexibility index (Phi) is 4.63. The molecule has 2 heteroatoms. The van der Waals surface area contributed by atoms with E-state index in [1.165, 1.54) is 5.56 Å². The van der Waals surface area contributed by atoms with Crippen LogP contribution < -0.4 is 10.5 Å². The minimum absolute atomic E-state index is 0.516. The van der Waals surface area contributed by atoms with E-state index >= 15 is 0 Å². The molecule has 0 saturated heterocycles. The van der Waals surface area contributed by atoms with Crippen molar-refractivity contribution in [3.63, 3.8) is 0 Å². The first-order chi connectivity index (χ1) is 7.22. The van der Waals surface area contributed by atoms with Gasteiger partial charge in [0, 0.05) is 0 Å². The Balaban J connectivity index is 2.91. The molecule has 0 aliphatic carbocycles. The summed E-state index contributed by atoms with van der Waals surface area (Å²) in [5.74, 6) is 1.97. The van der Waals surface area contributed by atoms with Gasteiger partial charge in [0.05, 0.1) is 7.11 Å². The molecule has 0 radical (unpaired) electrons. The highest BCUT2D eigenvalue weighted by atomic mass is 16.5. The molecule has 0 aliphatic rings. The molecule has 2 N–H and O–H groups in total. The molecule has 0 heterocycles. The quantitative estimate of drug-likeness (QED) is 0.805. The molecule has 0 fully saturated rings. The fourth-order valence-electron chi connectivity index (χ4n) is 2.00. The zero-order valence-electron chi connectivity index (χ0n) is 9.86. The summed E-state index contributed by atoms with van der Waals surface area (Å²) in [6.45, 7) is 5.14. The molecule has 1 rings (SSSR count). The van der Waals surface area contributed by atoms with Gasteiger partial charge in [-0.1, -0.05) is 26.0 Å². The molecule has 2 unspecified atom stereocenters. The maximum absolute atomic E-state index is 5.73. The first-order valence-corrected chi connectivity index (χ1v) is 5.56. The number of methoxy groups -OCH3 is 1. The standard InChI is InChI=1S/C13H21NO/c1-4-13(10(2)9-14)11-6-5-7-12(8-11)15-3/h5-8,10,13H,4,9,14H2,1-3H3. The fourth-order valence-corrected chi connectivity index (χ4v) is 2.00. The molecule has 1 aromatic rings. The molecule has 2 atom stereocenters. The Bertz CT molecular complexity index is 298. The lowest BCUT2D eigenvalue weighted by Crippen LogP contribution is -2.18. The summed E-state index contributed by atoms with van der Waals surface area (Å²) in [7, 11) is 1.70. The van der Waals surface area contributed by atoms with Crippen molar-refractivity contribution < 1.29 is 4.74 Å². The summed E-state index contributed by atoms with van der Waals surface area (Å²) in [6, 6.07) is 8.28. The summed E-state index contributed by atoms with van der Waals surface area (Å²) in [5, 5.41) is 0. The van der Waals surface area contributed by atoms with E-state index < -0.39 is 0 Å². The Hall–Kier alpha value is -1.02. The molecule has 0 aromatic heterocycles. The first kappa shape index (κ1) is 12.1. The lowest BCUT2D eigenvalue weighted by Gasteiger charge is -2.22. The molecule has 0 aliphatic heterocycles. The van der Waals surface area contributed by atoms with Crippen LogP contribution in [0.4, 0.5) is 0 Å². The normalized spacial score (nSPS) is 14.7. The summed E-state index contributed by atoms with van der Waals surface area (Å²) in [4.78, 5) is 0. The molecule has 2 nitrogen and oxygen atoms in total. The second-order valence-corrected chi connectivity index (χ2v) is 4.00. The highest BCUT2D eigenvalue weighted by Crippen LogP contribution is 2.29. The van der Waals surface area contributed by atoms with Crippen LogP contribution >= 0.6 is 0 Å². The van der Waals surface area contributed by atoms with Crippen LogP contribution in [0, 0.1) is 5.92 Å². The highest BCUT2D eigenvalue weighted by molar-refractivity contribution is 5.31. The van der Waals surface area contributed by atoms with Gasteiger partial charge in [-0.3, -0.25) is 0 Å². The largest absolute Gasteiger partial charge is 0.497 e. The van der Waals surface area contributed by atoms with Crippen LogP contribution in [0.3, 0.4) is 0 Å². The average Bonchev–Trinajstić information content (AvgIpc) is 2.30. The maximum atomic E-state index is 5.73. The van der Waals surface area contributed by atoms with Crippen molar-refractivity contribution in [3.8, 4) is 5.75 Å². The third-order valence-corrected chi connectivity index (χ3v) is 3.02. The van der Waals surface area contributed by atoms with Gasteiger partial charge in [-0.05, 0) is 42.5 Å². The second kappa shape index (κ2) is 5.76. The number of nitrogens with two attached hydrogens (primary N) is 1. The van der Waals surface area contributed by atoms with Crippen molar-refractivity contribution in [3.05, 3.63) is 29.8 Å². The van der Waals surface area contributed by atoms with E-state index in [4.69, 9.17) is 10.5 Å². The van der Waals surface area contributed by atoms with Crippen molar-refractivity contribution in [1.82, 2.24) is 0 Å². The van der Waals surface area contributed by atoms with E-state index in [1.807, 2.05) is 12.1 Å². The number of rotatable bonds is 5. The van der Waals surface area contributed by atoms with Crippen molar-refractivity contribution in [2.24, 2.45) is 11.7 Å². The predicted octanol–water partition coefficient (Wildman–Crippen LogP) is 2.78. The molecule has 1 aromatic carbocycles. The number of hydrogen-bond acceptors (Lipinski definition) is 2. The number of ether oxygens (including phenoxy) is 1. The lowest BCUT2D eigenvalue weighted by molar-refractivity contribution is 0.410. The average molecular weight is 207 g/mol. The van der Waals surface area contributed by atoms with E-state index in [1.54, 1.807) is 7.11 Å². The van der Waals surface area contributed by atoms with Crippen LogP contribution in [0.1, 0.15) is 31.7 Å². The van der Waals surface area contributed by atoms with Crippen LogP contribution in [0.5, 0.6) is 5.75 Å². The molecular formula is C13H21NO. The van der Waals surface area contributed by atoms with Gasteiger partial charge in [-0.25, -0.2) is 0 Å². The van der Waals surface area contributed by atoms with E-state index in [0.29, 0.717) is 11.8 Å². The van der Waals surface area contributed by atoms with Crippen LogP contribution in [-0.4, -0.2) is 13.7 Å². The monoisotopic (exact) mass is 207 g/mol. The van der Waals surface area contributed by atoms with E-state index in [9.17, 15) is 0 Å². The Morgan fingerprint density at radius 3 is 2.67 bits per heavy atom. The van der Waals surface area contributed by atoms with Gasteiger partial charge in [-0.15, -0.1) is 0 Å². The van der Waals surface area contributed by atoms with Gasteiger partial charge in [-0.2, -0.15) is 0 Å². The van der Waals surface area contributed by atoms with Crippen molar-refractivity contribution in [1.29, 1.82) is 0 Å². The second-order valence-electron chi connectivity index (χ2n) is 4.00.